The second-order valence-corrected chi connectivity index (χ2v) is 6.33. The third kappa shape index (κ3) is 8.35. The molecule has 0 aliphatic rings. The zero-order chi connectivity index (χ0) is 17.3. The fourth-order valence-corrected chi connectivity index (χ4v) is 1.91. The smallest absolute Gasteiger partial charge is 0.407 e. The fraction of sp³-hybridized carbons (Fsp3) is 0.471. The van der Waals surface area contributed by atoms with Crippen LogP contribution in [-0.4, -0.2) is 31.9 Å². The molecule has 0 unspecified atom stereocenters. The highest BCUT2D eigenvalue weighted by Gasteiger charge is 2.15. The molecule has 0 heterocycles. The van der Waals surface area contributed by atoms with Crippen molar-refractivity contribution in [1.29, 1.82) is 0 Å². The monoisotopic (exact) mass is 340 g/mol. The number of carbonyl (C=O) groups excluding carboxylic acids is 1. The quantitative estimate of drug-likeness (QED) is 0.576. The van der Waals surface area contributed by atoms with Gasteiger partial charge in [-0.2, -0.15) is 0 Å². The van der Waals surface area contributed by atoms with Gasteiger partial charge in [0.25, 0.3) is 0 Å². The largest absolute Gasteiger partial charge is 0.495 e. The first-order chi connectivity index (χ1) is 10.8. The minimum Gasteiger partial charge on any atom is -0.495 e. The molecule has 0 fully saturated rings. The van der Waals surface area contributed by atoms with E-state index in [0.717, 1.165) is 12.1 Å². The number of benzene rings is 1. The van der Waals surface area contributed by atoms with Crippen molar-refractivity contribution in [3.05, 3.63) is 35.4 Å². The van der Waals surface area contributed by atoms with E-state index in [9.17, 15) is 4.79 Å². The Morgan fingerprint density at radius 3 is 2.70 bits per heavy atom. The second kappa shape index (κ2) is 9.30. The molecule has 1 aromatic carbocycles. The molecule has 1 rings (SSSR count). The van der Waals surface area contributed by atoms with Crippen LogP contribution in [0.1, 0.15) is 27.2 Å². The lowest BCUT2D eigenvalue weighted by atomic mass is 10.2. The average Bonchev–Trinajstić information content (AvgIpc) is 2.46. The van der Waals surface area contributed by atoms with Gasteiger partial charge in [-0.3, -0.25) is 0 Å². The Labute approximate surface area is 143 Å². The highest BCUT2D eigenvalue weighted by atomic mass is 35.5. The van der Waals surface area contributed by atoms with Gasteiger partial charge in [-0.1, -0.05) is 23.8 Å². The minimum atomic E-state index is -0.469. The third-order valence-electron chi connectivity index (χ3n) is 2.72. The van der Waals surface area contributed by atoms with Crippen LogP contribution in [0.4, 0.5) is 10.5 Å². The molecular formula is C17H25ClN2O3. The van der Waals surface area contributed by atoms with Crippen LogP contribution in [0.3, 0.4) is 0 Å². The van der Waals surface area contributed by atoms with Crippen molar-refractivity contribution in [2.45, 2.75) is 32.8 Å². The number of ether oxygens (including phenoxy) is 2. The van der Waals surface area contributed by atoms with Crippen LogP contribution in [-0.2, 0) is 4.74 Å². The first kappa shape index (κ1) is 19.2. The van der Waals surface area contributed by atoms with Gasteiger partial charge >= 0.3 is 6.09 Å². The number of anilines is 1. The van der Waals surface area contributed by atoms with Crippen molar-refractivity contribution >= 4 is 23.4 Å². The predicted molar refractivity (Wildman–Crippen MR) is 94.5 cm³/mol. The van der Waals surface area contributed by atoms with E-state index in [1.54, 1.807) is 13.2 Å². The van der Waals surface area contributed by atoms with Crippen LogP contribution in [0.5, 0.6) is 5.75 Å². The van der Waals surface area contributed by atoms with E-state index < -0.39 is 11.7 Å². The Morgan fingerprint density at radius 2 is 2.04 bits per heavy atom. The van der Waals surface area contributed by atoms with Crippen LogP contribution in [0, 0.1) is 0 Å². The number of hydrogen-bond acceptors (Lipinski definition) is 4. The molecule has 0 saturated heterocycles. The summed E-state index contributed by atoms with van der Waals surface area (Å²) in [6.07, 6.45) is 4.34. The standard InChI is InChI=1S/C17H25ClN2O3/c1-17(2,3)23-16(21)20-11-7-5-6-10-19-13-8-9-14(18)15(12-13)22-4/h5-6,8-9,12,19H,7,10-11H2,1-4H3,(H,20,21). The Balaban J connectivity index is 2.21. The maximum absolute atomic E-state index is 11.4. The van der Waals surface area contributed by atoms with Crippen molar-refractivity contribution in [2.75, 3.05) is 25.5 Å². The Morgan fingerprint density at radius 1 is 1.30 bits per heavy atom. The summed E-state index contributed by atoms with van der Waals surface area (Å²) in [6, 6.07) is 5.53. The maximum Gasteiger partial charge on any atom is 0.407 e. The summed E-state index contributed by atoms with van der Waals surface area (Å²) in [5.74, 6) is 0.641. The molecule has 0 bridgehead atoms. The molecule has 0 aliphatic heterocycles. The van der Waals surface area contributed by atoms with Gasteiger partial charge in [0.2, 0.25) is 0 Å². The normalized spacial score (nSPS) is 11.3. The molecule has 128 valence electrons. The molecule has 6 heteroatoms. The second-order valence-electron chi connectivity index (χ2n) is 5.92. The number of alkyl carbamates (subject to hydrolysis) is 1. The molecule has 0 aromatic heterocycles. The Kier molecular flexibility index (Phi) is 7.75. The van der Waals surface area contributed by atoms with Crippen LogP contribution in [0.15, 0.2) is 30.4 Å². The maximum atomic E-state index is 11.4. The summed E-state index contributed by atoms with van der Waals surface area (Å²) >= 11 is 5.97. The minimum absolute atomic E-state index is 0.391. The molecule has 1 aromatic rings. The molecule has 2 N–H and O–H groups in total. The summed E-state index contributed by atoms with van der Waals surface area (Å²) < 4.78 is 10.3. The number of methoxy groups -OCH3 is 1. The highest BCUT2D eigenvalue weighted by Crippen LogP contribution is 2.27. The SMILES string of the molecule is COc1cc(NCC=CCCNC(=O)OC(C)(C)C)ccc1Cl. The number of hydrogen-bond donors (Lipinski definition) is 2. The van der Waals surface area contributed by atoms with Gasteiger partial charge in [0.05, 0.1) is 12.1 Å². The zero-order valence-corrected chi connectivity index (χ0v) is 14.9. The van der Waals surface area contributed by atoms with Crippen molar-refractivity contribution in [2.24, 2.45) is 0 Å². The van der Waals surface area contributed by atoms with Gasteiger partial charge in [-0.05, 0) is 39.3 Å². The number of halogens is 1. The van der Waals surface area contributed by atoms with Crippen molar-refractivity contribution in [3.63, 3.8) is 0 Å². The lowest BCUT2D eigenvalue weighted by Gasteiger charge is -2.19. The molecule has 0 radical (unpaired) electrons. The van der Waals surface area contributed by atoms with Crippen molar-refractivity contribution in [1.82, 2.24) is 5.32 Å². The molecule has 0 saturated carbocycles. The lowest BCUT2D eigenvalue weighted by molar-refractivity contribution is 0.0529. The third-order valence-corrected chi connectivity index (χ3v) is 3.03. The van der Waals surface area contributed by atoms with Crippen LogP contribution < -0.4 is 15.4 Å². The van der Waals surface area contributed by atoms with E-state index >= 15 is 0 Å². The molecular weight excluding hydrogens is 316 g/mol. The summed E-state index contributed by atoms with van der Waals surface area (Å²) in [5.41, 5.74) is 0.464. The zero-order valence-electron chi connectivity index (χ0n) is 14.1. The van der Waals surface area contributed by atoms with E-state index in [4.69, 9.17) is 21.1 Å². The van der Waals surface area contributed by atoms with Gasteiger partial charge < -0.3 is 20.1 Å². The molecule has 0 atom stereocenters. The highest BCUT2D eigenvalue weighted by molar-refractivity contribution is 6.32. The molecule has 0 spiro atoms. The predicted octanol–water partition coefficient (Wildman–Crippen LogP) is 4.23. The lowest BCUT2D eigenvalue weighted by Crippen LogP contribution is -2.32. The van der Waals surface area contributed by atoms with Gasteiger partial charge in [0.15, 0.2) is 0 Å². The van der Waals surface area contributed by atoms with Crippen LogP contribution in [0.25, 0.3) is 0 Å². The van der Waals surface area contributed by atoms with Crippen molar-refractivity contribution < 1.29 is 14.3 Å². The van der Waals surface area contributed by atoms with E-state index in [1.807, 2.05) is 45.1 Å². The molecule has 0 aliphatic carbocycles. The summed E-state index contributed by atoms with van der Waals surface area (Å²) in [6.45, 7) is 6.73. The van der Waals surface area contributed by atoms with Gasteiger partial charge in [0, 0.05) is 24.8 Å². The van der Waals surface area contributed by atoms with Crippen LogP contribution in [0.2, 0.25) is 5.02 Å². The van der Waals surface area contributed by atoms with E-state index in [2.05, 4.69) is 10.6 Å². The number of amides is 1. The molecule has 5 nitrogen and oxygen atoms in total. The topological polar surface area (TPSA) is 59.6 Å². The summed E-state index contributed by atoms with van der Waals surface area (Å²) in [7, 11) is 1.59. The summed E-state index contributed by atoms with van der Waals surface area (Å²) in [5, 5.41) is 6.53. The molecule has 1 amide bonds. The van der Waals surface area contributed by atoms with Gasteiger partial charge in [-0.25, -0.2) is 4.79 Å². The van der Waals surface area contributed by atoms with Gasteiger partial charge in [0.1, 0.15) is 11.4 Å². The van der Waals surface area contributed by atoms with Crippen LogP contribution >= 0.6 is 11.6 Å². The number of rotatable bonds is 7. The van der Waals surface area contributed by atoms with E-state index in [-0.39, 0.29) is 0 Å². The Bertz CT molecular complexity index is 539. The summed E-state index contributed by atoms with van der Waals surface area (Å²) in [4.78, 5) is 11.4. The van der Waals surface area contributed by atoms with Crippen molar-refractivity contribution in [3.8, 4) is 5.75 Å². The first-order valence-corrected chi connectivity index (χ1v) is 7.89. The average molecular weight is 341 g/mol. The number of carbonyl (C=O) groups is 1. The van der Waals surface area contributed by atoms with Gasteiger partial charge in [-0.15, -0.1) is 0 Å². The fourth-order valence-electron chi connectivity index (χ4n) is 1.72. The first-order valence-electron chi connectivity index (χ1n) is 7.51. The Hall–Kier alpha value is -1.88. The van der Waals surface area contributed by atoms with E-state index in [1.165, 1.54) is 0 Å². The molecule has 23 heavy (non-hydrogen) atoms. The van der Waals surface area contributed by atoms with E-state index in [0.29, 0.717) is 23.9 Å². The number of nitrogens with one attached hydrogen (secondary N) is 2.